The van der Waals surface area contributed by atoms with Crippen molar-refractivity contribution in [3.05, 3.63) is 27.8 Å². The summed E-state index contributed by atoms with van der Waals surface area (Å²) in [7, 11) is 1.85. The Morgan fingerprint density at radius 3 is 2.28 bits per heavy atom. The molecule has 0 aliphatic heterocycles. The molecule has 0 saturated carbocycles. The lowest BCUT2D eigenvalue weighted by Crippen LogP contribution is -1.97. The molecule has 0 aromatic carbocycles. The zero-order valence-corrected chi connectivity index (χ0v) is 12.0. The van der Waals surface area contributed by atoms with Gasteiger partial charge in [0.25, 0.3) is 0 Å². The highest BCUT2D eigenvalue weighted by Gasteiger charge is 2.15. The first-order chi connectivity index (χ1) is 8.52. The third-order valence-corrected chi connectivity index (χ3v) is 3.29. The quantitative estimate of drug-likeness (QED) is 0.811. The molecule has 0 unspecified atom stereocenters. The number of aryl methyl sites for hydroxylation is 2. The Balaban J connectivity index is 2.51. The van der Waals surface area contributed by atoms with Gasteiger partial charge in [-0.1, -0.05) is 36.5 Å². The van der Waals surface area contributed by atoms with Crippen molar-refractivity contribution in [1.29, 1.82) is 0 Å². The molecular formula is C12H14Cl2N4. The highest BCUT2D eigenvalue weighted by atomic mass is 35.5. The smallest absolute Gasteiger partial charge is 0.165 e. The van der Waals surface area contributed by atoms with Crippen LogP contribution in [-0.4, -0.2) is 19.7 Å². The van der Waals surface area contributed by atoms with Gasteiger partial charge in [-0.3, -0.25) is 4.68 Å². The van der Waals surface area contributed by atoms with Crippen molar-refractivity contribution in [1.82, 2.24) is 19.7 Å². The zero-order chi connectivity index (χ0) is 13.3. The molecular weight excluding hydrogens is 271 g/mol. The van der Waals surface area contributed by atoms with E-state index in [0.29, 0.717) is 16.1 Å². The van der Waals surface area contributed by atoms with Crippen molar-refractivity contribution >= 4 is 23.2 Å². The lowest BCUT2D eigenvalue weighted by atomic mass is 10.2. The minimum Gasteiger partial charge on any atom is -0.275 e. The van der Waals surface area contributed by atoms with Gasteiger partial charge in [-0.25, -0.2) is 9.97 Å². The molecule has 2 aromatic heterocycles. The molecule has 0 saturated heterocycles. The van der Waals surface area contributed by atoms with Crippen molar-refractivity contribution in [3.63, 3.8) is 0 Å². The number of aromatic nitrogens is 4. The topological polar surface area (TPSA) is 43.6 Å². The van der Waals surface area contributed by atoms with Crippen molar-refractivity contribution < 1.29 is 0 Å². The minimum atomic E-state index is 0.426. The average Bonchev–Trinajstić information content (AvgIpc) is 2.63. The monoisotopic (exact) mass is 284 g/mol. The zero-order valence-electron chi connectivity index (χ0n) is 10.5. The average molecular weight is 285 g/mol. The summed E-state index contributed by atoms with van der Waals surface area (Å²) in [6, 6.07) is 0. The normalized spacial score (nSPS) is 10.9. The first-order valence-corrected chi connectivity index (χ1v) is 6.51. The van der Waals surface area contributed by atoms with E-state index in [4.69, 9.17) is 23.2 Å². The van der Waals surface area contributed by atoms with E-state index in [1.54, 1.807) is 4.68 Å². The Hall–Kier alpha value is -1.13. The lowest BCUT2D eigenvalue weighted by molar-refractivity contribution is 0.756. The van der Waals surface area contributed by atoms with Gasteiger partial charge in [-0.05, 0) is 13.3 Å². The molecule has 18 heavy (non-hydrogen) atoms. The lowest BCUT2D eigenvalue weighted by Gasteiger charge is -2.06. The van der Waals surface area contributed by atoms with Gasteiger partial charge in [0, 0.05) is 18.8 Å². The molecule has 0 fully saturated rings. The fraction of sp³-hybridized carbons (Fsp3) is 0.417. The van der Waals surface area contributed by atoms with Crippen LogP contribution in [0.15, 0.2) is 6.20 Å². The van der Waals surface area contributed by atoms with E-state index < -0.39 is 0 Å². The summed E-state index contributed by atoms with van der Waals surface area (Å²) < 4.78 is 1.72. The number of hydrogen-bond acceptors (Lipinski definition) is 3. The van der Waals surface area contributed by atoms with E-state index in [9.17, 15) is 0 Å². The van der Waals surface area contributed by atoms with Crippen LogP contribution in [0.1, 0.15) is 24.6 Å². The molecule has 0 spiro atoms. The summed E-state index contributed by atoms with van der Waals surface area (Å²) in [5.74, 6) is 0.524. The first kappa shape index (κ1) is 13.3. The number of nitrogens with zero attached hydrogens (tertiary/aromatic N) is 4. The SMILES string of the molecule is CCCc1c(Cl)nc(-c2cn(C)nc2C)nc1Cl. The van der Waals surface area contributed by atoms with Gasteiger partial charge in [0.05, 0.1) is 11.3 Å². The summed E-state index contributed by atoms with van der Waals surface area (Å²) in [5, 5.41) is 5.11. The summed E-state index contributed by atoms with van der Waals surface area (Å²) in [6.45, 7) is 3.96. The van der Waals surface area contributed by atoms with E-state index in [1.165, 1.54) is 0 Å². The van der Waals surface area contributed by atoms with Gasteiger partial charge < -0.3 is 0 Å². The van der Waals surface area contributed by atoms with Gasteiger partial charge in [-0.2, -0.15) is 5.10 Å². The maximum absolute atomic E-state index is 6.16. The predicted octanol–water partition coefficient (Wildman–Crippen LogP) is 3.44. The molecule has 0 aliphatic carbocycles. The maximum atomic E-state index is 6.16. The third kappa shape index (κ3) is 2.49. The number of rotatable bonds is 3. The summed E-state index contributed by atoms with van der Waals surface area (Å²) in [5.41, 5.74) is 2.52. The molecule has 2 rings (SSSR count). The fourth-order valence-electron chi connectivity index (χ4n) is 1.83. The van der Waals surface area contributed by atoms with E-state index in [2.05, 4.69) is 22.0 Å². The standard InChI is InChI=1S/C12H14Cl2N4/c1-4-5-8-10(13)15-12(16-11(8)14)9-6-18(3)17-7(9)2/h6H,4-5H2,1-3H3. The molecule has 0 aliphatic rings. The molecule has 0 amide bonds. The molecule has 96 valence electrons. The van der Waals surface area contributed by atoms with Crippen LogP contribution in [0.3, 0.4) is 0 Å². The second-order valence-corrected chi connectivity index (χ2v) is 4.88. The molecule has 0 radical (unpaired) electrons. The van der Waals surface area contributed by atoms with Gasteiger partial charge >= 0.3 is 0 Å². The first-order valence-electron chi connectivity index (χ1n) is 5.75. The number of halogens is 2. The van der Waals surface area contributed by atoms with E-state index >= 15 is 0 Å². The minimum absolute atomic E-state index is 0.426. The highest BCUT2D eigenvalue weighted by Crippen LogP contribution is 2.27. The van der Waals surface area contributed by atoms with Gasteiger partial charge in [-0.15, -0.1) is 0 Å². The molecule has 0 atom stereocenters. The van der Waals surface area contributed by atoms with Crippen molar-refractivity contribution in [2.75, 3.05) is 0 Å². The van der Waals surface area contributed by atoms with Crippen molar-refractivity contribution in [2.45, 2.75) is 26.7 Å². The molecule has 2 aromatic rings. The fourth-order valence-corrected chi connectivity index (χ4v) is 2.40. The van der Waals surface area contributed by atoms with E-state index in [0.717, 1.165) is 29.7 Å². The summed E-state index contributed by atoms with van der Waals surface area (Å²) >= 11 is 12.3. The Morgan fingerprint density at radius 1 is 1.22 bits per heavy atom. The van der Waals surface area contributed by atoms with Crippen LogP contribution < -0.4 is 0 Å². The maximum Gasteiger partial charge on any atom is 0.165 e. The summed E-state index contributed by atoms with van der Waals surface area (Å²) in [6.07, 6.45) is 3.59. The van der Waals surface area contributed by atoms with Gasteiger partial charge in [0.2, 0.25) is 0 Å². The van der Waals surface area contributed by atoms with Crippen LogP contribution in [-0.2, 0) is 13.5 Å². The van der Waals surface area contributed by atoms with E-state index in [-0.39, 0.29) is 0 Å². The highest BCUT2D eigenvalue weighted by molar-refractivity contribution is 6.34. The number of hydrogen-bond donors (Lipinski definition) is 0. The Morgan fingerprint density at radius 2 is 1.83 bits per heavy atom. The Kier molecular flexibility index (Phi) is 3.88. The van der Waals surface area contributed by atoms with Crippen LogP contribution in [0.25, 0.3) is 11.4 Å². The third-order valence-electron chi connectivity index (χ3n) is 2.66. The van der Waals surface area contributed by atoms with Crippen LogP contribution >= 0.6 is 23.2 Å². The molecule has 6 heteroatoms. The predicted molar refractivity (Wildman–Crippen MR) is 73.0 cm³/mol. The second kappa shape index (κ2) is 5.24. The summed E-state index contributed by atoms with van der Waals surface area (Å²) in [4.78, 5) is 8.63. The second-order valence-electron chi connectivity index (χ2n) is 4.16. The van der Waals surface area contributed by atoms with Crippen LogP contribution in [0.4, 0.5) is 0 Å². The molecule has 0 bridgehead atoms. The Labute approximate surface area is 116 Å². The van der Waals surface area contributed by atoms with Gasteiger partial charge in [0.1, 0.15) is 10.3 Å². The molecule has 4 nitrogen and oxygen atoms in total. The molecule has 0 N–H and O–H groups in total. The largest absolute Gasteiger partial charge is 0.275 e. The van der Waals surface area contributed by atoms with Gasteiger partial charge in [0.15, 0.2) is 5.82 Å². The molecule has 2 heterocycles. The van der Waals surface area contributed by atoms with Crippen LogP contribution in [0.5, 0.6) is 0 Å². The van der Waals surface area contributed by atoms with Crippen LogP contribution in [0, 0.1) is 6.92 Å². The van der Waals surface area contributed by atoms with Crippen LogP contribution in [0.2, 0.25) is 10.3 Å². The van der Waals surface area contributed by atoms with Crippen molar-refractivity contribution in [3.8, 4) is 11.4 Å². The Bertz CT molecular complexity index is 554. The van der Waals surface area contributed by atoms with E-state index in [1.807, 2.05) is 20.2 Å². The van der Waals surface area contributed by atoms with Crippen molar-refractivity contribution in [2.24, 2.45) is 7.05 Å².